The van der Waals surface area contributed by atoms with Crippen molar-refractivity contribution in [2.24, 2.45) is 23.5 Å². The van der Waals surface area contributed by atoms with Gasteiger partial charge in [-0.2, -0.15) is 0 Å². The van der Waals surface area contributed by atoms with Crippen LogP contribution < -0.4 is 5.73 Å². The van der Waals surface area contributed by atoms with Crippen LogP contribution in [0.5, 0.6) is 0 Å². The van der Waals surface area contributed by atoms with Crippen LogP contribution in [0.25, 0.3) is 11.0 Å². The summed E-state index contributed by atoms with van der Waals surface area (Å²) >= 11 is 0. The molecule has 104 valence electrons. The Balaban J connectivity index is 1.70. The zero-order valence-corrected chi connectivity index (χ0v) is 11.0. The van der Waals surface area contributed by atoms with Crippen molar-refractivity contribution in [2.75, 3.05) is 0 Å². The second-order valence-electron chi connectivity index (χ2n) is 6.09. The summed E-state index contributed by atoms with van der Waals surface area (Å²) in [4.78, 5) is 12.6. The van der Waals surface area contributed by atoms with Gasteiger partial charge in [0.25, 0.3) is 0 Å². The van der Waals surface area contributed by atoms with E-state index in [0.717, 1.165) is 19.3 Å². The summed E-state index contributed by atoms with van der Waals surface area (Å²) in [7, 11) is 0. The number of furan rings is 1. The predicted octanol–water partition coefficient (Wildman–Crippen LogP) is 3.13. The molecule has 2 saturated carbocycles. The van der Waals surface area contributed by atoms with E-state index in [9.17, 15) is 9.18 Å². The lowest BCUT2D eigenvalue weighted by Crippen LogP contribution is -2.40. The number of rotatable bonds is 2. The molecule has 4 rings (SSSR count). The first-order chi connectivity index (χ1) is 9.63. The summed E-state index contributed by atoms with van der Waals surface area (Å²) in [5.41, 5.74) is 6.75. The number of halogens is 1. The molecule has 20 heavy (non-hydrogen) atoms. The van der Waals surface area contributed by atoms with Crippen LogP contribution in [0.3, 0.4) is 0 Å². The molecule has 2 aliphatic rings. The summed E-state index contributed by atoms with van der Waals surface area (Å²) in [5, 5.41) is 0.630. The third kappa shape index (κ3) is 1.64. The molecule has 0 aliphatic heterocycles. The van der Waals surface area contributed by atoms with Crippen molar-refractivity contribution in [2.45, 2.75) is 25.3 Å². The molecule has 2 aromatic rings. The molecule has 1 aromatic heterocycles. The molecule has 0 amide bonds. The number of hydrogen-bond donors (Lipinski definition) is 1. The topological polar surface area (TPSA) is 56.2 Å². The Labute approximate surface area is 115 Å². The molecular formula is C16H16FNO2. The van der Waals surface area contributed by atoms with Crippen LogP contribution in [0.15, 0.2) is 28.7 Å². The number of carbonyl (C=O) groups is 1. The van der Waals surface area contributed by atoms with E-state index in [1.165, 1.54) is 12.1 Å². The fourth-order valence-electron chi connectivity index (χ4n) is 4.02. The fraction of sp³-hybridized carbons (Fsp3) is 0.438. The van der Waals surface area contributed by atoms with Gasteiger partial charge in [-0.3, -0.25) is 4.79 Å². The predicted molar refractivity (Wildman–Crippen MR) is 72.8 cm³/mol. The van der Waals surface area contributed by atoms with E-state index in [4.69, 9.17) is 10.2 Å². The maximum Gasteiger partial charge on any atom is 0.202 e. The quantitative estimate of drug-likeness (QED) is 0.855. The number of ketones is 1. The summed E-state index contributed by atoms with van der Waals surface area (Å²) in [6.45, 7) is 0. The highest BCUT2D eigenvalue weighted by Crippen LogP contribution is 2.48. The largest absolute Gasteiger partial charge is 0.453 e. The van der Waals surface area contributed by atoms with Crippen LogP contribution in [-0.4, -0.2) is 11.8 Å². The minimum atomic E-state index is -0.325. The van der Waals surface area contributed by atoms with Gasteiger partial charge in [0, 0.05) is 17.3 Å². The maximum absolute atomic E-state index is 13.2. The normalized spacial score (nSPS) is 32.1. The molecule has 0 saturated heterocycles. The average molecular weight is 273 g/mol. The number of hydrogen-bond acceptors (Lipinski definition) is 3. The zero-order chi connectivity index (χ0) is 13.9. The van der Waals surface area contributed by atoms with Gasteiger partial charge in [0.05, 0.1) is 0 Å². The minimum Gasteiger partial charge on any atom is -0.453 e. The van der Waals surface area contributed by atoms with Crippen LogP contribution in [0, 0.1) is 23.6 Å². The second kappa shape index (κ2) is 4.16. The van der Waals surface area contributed by atoms with E-state index in [2.05, 4.69) is 0 Å². The van der Waals surface area contributed by atoms with Gasteiger partial charge < -0.3 is 10.2 Å². The summed E-state index contributed by atoms with van der Waals surface area (Å²) in [6.07, 6.45) is 3.29. The van der Waals surface area contributed by atoms with Crippen LogP contribution in [-0.2, 0) is 0 Å². The molecular weight excluding hydrogens is 257 g/mol. The molecule has 1 heterocycles. The van der Waals surface area contributed by atoms with Gasteiger partial charge >= 0.3 is 0 Å². The summed E-state index contributed by atoms with van der Waals surface area (Å²) in [6, 6.07) is 5.87. The van der Waals surface area contributed by atoms with Crippen molar-refractivity contribution in [1.82, 2.24) is 0 Å². The SMILES string of the molecule is NC1C2CCC(C2)C1C(=O)c1cc2cc(F)ccc2o1. The van der Waals surface area contributed by atoms with Crippen LogP contribution >= 0.6 is 0 Å². The van der Waals surface area contributed by atoms with Gasteiger partial charge in [0.15, 0.2) is 5.76 Å². The number of benzene rings is 1. The minimum absolute atomic E-state index is 0.0127. The summed E-state index contributed by atoms with van der Waals surface area (Å²) in [5.74, 6) is 0.733. The van der Waals surface area contributed by atoms with E-state index >= 15 is 0 Å². The van der Waals surface area contributed by atoms with Gasteiger partial charge in [0.2, 0.25) is 5.78 Å². The number of carbonyl (C=O) groups excluding carboxylic acids is 1. The molecule has 2 aliphatic carbocycles. The molecule has 4 heteroatoms. The Bertz CT molecular complexity index is 691. The average Bonchev–Trinajstić information content (AvgIpc) is 3.10. The number of Topliss-reactive ketones (excluding diaryl/α,β-unsaturated/α-hetero) is 1. The standard InChI is InChI=1S/C16H16FNO2/c17-11-3-4-12-10(6-11)7-13(20-12)16(19)14-8-1-2-9(5-8)15(14)18/h3-4,6-9,14-15H,1-2,5,18H2. The highest BCUT2D eigenvalue weighted by Gasteiger charge is 2.49. The van der Waals surface area contributed by atoms with Gasteiger partial charge in [-0.05, 0) is 55.4 Å². The number of fused-ring (bicyclic) bond motifs is 3. The molecule has 2 fully saturated rings. The first kappa shape index (κ1) is 12.1. The van der Waals surface area contributed by atoms with Crippen molar-refractivity contribution in [3.63, 3.8) is 0 Å². The highest BCUT2D eigenvalue weighted by molar-refractivity contribution is 5.99. The molecule has 4 unspecified atom stereocenters. The van der Waals surface area contributed by atoms with Gasteiger partial charge in [-0.1, -0.05) is 0 Å². The van der Waals surface area contributed by atoms with Crippen LogP contribution in [0.2, 0.25) is 0 Å². The van der Waals surface area contributed by atoms with Crippen LogP contribution in [0.4, 0.5) is 4.39 Å². The first-order valence-electron chi connectivity index (χ1n) is 7.12. The van der Waals surface area contributed by atoms with E-state index < -0.39 is 0 Å². The van der Waals surface area contributed by atoms with E-state index in [0.29, 0.717) is 28.6 Å². The van der Waals surface area contributed by atoms with Crippen molar-refractivity contribution in [3.05, 3.63) is 35.8 Å². The smallest absolute Gasteiger partial charge is 0.202 e. The molecule has 2 bridgehead atoms. The first-order valence-corrected chi connectivity index (χ1v) is 7.12. The van der Waals surface area contributed by atoms with Crippen molar-refractivity contribution >= 4 is 16.8 Å². The molecule has 1 aromatic carbocycles. The van der Waals surface area contributed by atoms with E-state index in [1.54, 1.807) is 12.1 Å². The Hall–Kier alpha value is -1.68. The van der Waals surface area contributed by atoms with Gasteiger partial charge in [-0.15, -0.1) is 0 Å². The Morgan fingerprint density at radius 1 is 1.25 bits per heavy atom. The maximum atomic E-state index is 13.2. The monoisotopic (exact) mass is 273 g/mol. The fourth-order valence-corrected chi connectivity index (χ4v) is 4.02. The van der Waals surface area contributed by atoms with E-state index in [-0.39, 0.29) is 23.6 Å². The lowest BCUT2D eigenvalue weighted by Gasteiger charge is -2.25. The number of nitrogens with two attached hydrogens (primary N) is 1. The Kier molecular flexibility index (Phi) is 2.51. The van der Waals surface area contributed by atoms with E-state index in [1.807, 2.05) is 0 Å². The zero-order valence-electron chi connectivity index (χ0n) is 11.0. The highest BCUT2D eigenvalue weighted by atomic mass is 19.1. The molecule has 4 atom stereocenters. The van der Waals surface area contributed by atoms with Gasteiger partial charge in [0.1, 0.15) is 11.4 Å². The van der Waals surface area contributed by atoms with Crippen LogP contribution in [0.1, 0.15) is 29.8 Å². The van der Waals surface area contributed by atoms with Gasteiger partial charge in [-0.25, -0.2) is 4.39 Å². The second-order valence-corrected chi connectivity index (χ2v) is 6.09. The third-order valence-corrected chi connectivity index (χ3v) is 5.00. The molecule has 2 N–H and O–H groups in total. The summed E-state index contributed by atoms with van der Waals surface area (Å²) < 4.78 is 18.8. The molecule has 0 spiro atoms. The Morgan fingerprint density at radius 3 is 2.80 bits per heavy atom. The third-order valence-electron chi connectivity index (χ3n) is 5.00. The van der Waals surface area contributed by atoms with Crippen molar-refractivity contribution in [1.29, 1.82) is 0 Å². The Morgan fingerprint density at radius 2 is 2.05 bits per heavy atom. The lowest BCUT2D eigenvalue weighted by molar-refractivity contribution is 0.0829. The van der Waals surface area contributed by atoms with Crippen molar-refractivity contribution in [3.8, 4) is 0 Å². The molecule has 3 nitrogen and oxygen atoms in total. The lowest BCUT2D eigenvalue weighted by atomic mass is 9.81. The van der Waals surface area contributed by atoms with Crippen molar-refractivity contribution < 1.29 is 13.6 Å². The molecule has 0 radical (unpaired) electrons.